The summed E-state index contributed by atoms with van der Waals surface area (Å²) in [6, 6.07) is 7.74. The smallest absolute Gasteiger partial charge is 0.337 e. The van der Waals surface area contributed by atoms with Crippen LogP contribution in [0, 0.1) is 0 Å². The molecular weight excluding hydrogens is 381 g/mol. The summed E-state index contributed by atoms with van der Waals surface area (Å²) in [6.45, 7) is 6.95. The van der Waals surface area contributed by atoms with Gasteiger partial charge in [0.25, 0.3) is 0 Å². The zero-order chi connectivity index (χ0) is 14.9. The highest BCUT2D eigenvalue weighted by Crippen LogP contribution is 2.18. The Morgan fingerprint density at radius 1 is 1.30 bits per heavy atom. The Hall–Kier alpha value is -0.953. The van der Waals surface area contributed by atoms with Gasteiger partial charge in [-0.25, -0.2) is 4.79 Å². The maximum Gasteiger partial charge on any atom is 0.337 e. The summed E-state index contributed by atoms with van der Waals surface area (Å²) in [4.78, 5) is 16.4. The van der Waals surface area contributed by atoms with E-state index in [2.05, 4.69) is 48.3 Å². The second-order valence-electron chi connectivity index (χ2n) is 5.77. The van der Waals surface area contributed by atoms with Crippen LogP contribution in [0.2, 0.25) is 19.6 Å². The first-order valence-electron chi connectivity index (χ1n) is 6.45. The number of esters is 1. The Labute approximate surface area is 133 Å². The van der Waals surface area contributed by atoms with E-state index < -0.39 is 8.07 Å². The maximum atomic E-state index is 11.6. The van der Waals surface area contributed by atoms with E-state index in [0.29, 0.717) is 5.56 Å². The summed E-state index contributed by atoms with van der Waals surface area (Å²) in [5.74, 6) is -0.306. The average Bonchev–Trinajstić information content (AvgIpc) is 2.43. The minimum absolute atomic E-state index is 0.306. The first-order valence-corrected chi connectivity index (χ1v) is 11.5. The van der Waals surface area contributed by atoms with Crippen molar-refractivity contribution in [3.8, 4) is 0 Å². The monoisotopic (exact) mass is 399 g/mol. The SMILES string of the molecule is COC(=O)c1ccc2nc(CI)c([Si](C)(C)C)cc2c1. The summed E-state index contributed by atoms with van der Waals surface area (Å²) < 4.78 is 5.68. The van der Waals surface area contributed by atoms with Crippen LogP contribution in [0.4, 0.5) is 0 Å². The predicted molar refractivity (Wildman–Crippen MR) is 93.8 cm³/mol. The minimum Gasteiger partial charge on any atom is -0.465 e. The van der Waals surface area contributed by atoms with Gasteiger partial charge in [0.1, 0.15) is 0 Å². The van der Waals surface area contributed by atoms with E-state index in [0.717, 1.165) is 15.3 Å². The molecule has 0 aliphatic heterocycles. The molecule has 0 saturated heterocycles. The Balaban J connectivity index is 2.67. The Morgan fingerprint density at radius 3 is 2.55 bits per heavy atom. The van der Waals surface area contributed by atoms with Crippen LogP contribution in [-0.4, -0.2) is 26.1 Å². The summed E-state index contributed by atoms with van der Waals surface area (Å²) in [5, 5.41) is 2.38. The van der Waals surface area contributed by atoms with Crippen LogP contribution in [0.15, 0.2) is 24.3 Å². The van der Waals surface area contributed by atoms with Gasteiger partial charge in [-0.2, -0.15) is 0 Å². The van der Waals surface area contributed by atoms with Gasteiger partial charge in [-0.05, 0) is 23.4 Å². The standard InChI is InChI=1S/C15H18INO2Si/c1-19-15(18)10-5-6-12-11(7-10)8-14(20(2,3)4)13(9-16)17-12/h5-8H,9H2,1-4H3. The van der Waals surface area contributed by atoms with Crippen LogP contribution in [0.3, 0.4) is 0 Å². The van der Waals surface area contributed by atoms with Crippen molar-refractivity contribution in [3.05, 3.63) is 35.5 Å². The van der Waals surface area contributed by atoms with Crippen molar-refractivity contribution in [2.24, 2.45) is 0 Å². The number of halogens is 1. The minimum atomic E-state index is -1.45. The molecule has 0 amide bonds. The molecule has 1 aromatic carbocycles. The van der Waals surface area contributed by atoms with E-state index in [-0.39, 0.29) is 5.97 Å². The van der Waals surface area contributed by atoms with E-state index >= 15 is 0 Å². The second kappa shape index (κ2) is 5.81. The number of alkyl halides is 1. The summed E-state index contributed by atoms with van der Waals surface area (Å²) in [7, 11) is -0.0522. The lowest BCUT2D eigenvalue weighted by molar-refractivity contribution is 0.0601. The van der Waals surface area contributed by atoms with Crippen LogP contribution in [-0.2, 0) is 9.16 Å². The molecule has 0 atom stereocenters. The Bertz CT molecular complexity index is 665. The fourth-order valence-electron chi connectivity index (χ4n) is 2.21. The maximum absolute atomic E-state index is 11.6. The molecule has 2 aromatic rings. The number of hydrogen-bond donors (Lipinski definition) is 0. The number of ether oxygens (including phenoxy) is 1. The van der Waals surface area contributed by atoms with E-state index in [1.54, 1.807) is 6.07 Å². The van der Waals surface area contributed by atoms with Crippen molar-refractivity contribution in [2.75, 3.05) is 7.11 Å². The van der Waals surface area contributed by atoms with Crippen molar-refractivity contribution in [1.29, 1.82) is 0 Å². The average molecular weight is 399 g/mol. The van der Waals surface area contributed by atoms with Crippen molar-refractivity contribution in [2.45, 2.75) is 24.1 Å². The normalized spacial score (nSPS) is 11.7. The third kappa shape index (κ3) is 3.03. The van der Waals surface area contributed by atoms with Gasteiger partial charge in [0.15, 0.2) is 0 Å². The molecule has 0 aliphatic rings. The molecule has 1 heterocycles. The molecule has 0 saturated carbocycles. The molecule has 0 unspecified atom stereocenters. The van der Waals surface area contributed by atoms with Crippen molar-refractivity contribution in [1.82, 2.24) is 4.98 Å². The van der Waals surface area contributed by atoms with E-state index in [4.69, 9.17) is 9.72 Å². The fourth-order valence-corrected chi connectivity index (χ4v) is 4.75. The van der Waals surface area contributed by atoms with Crippen LogP contribution in [0.5, 0.6) is 0 Å². The molecule has 0 fully saturated rings. The van der Waals surface area contributed by atoms with Gasteiger partial charge in [-0.15, -0.1) is 0 Å². The summed E-state index contributed by atoms with van der Waals surface area (Å²) in [5.41, 5.74) is 2.68. The van der Waals surface area contributed by atoms with E-state index in [1.807, 2.05) is 12.1 Å². The number of fused-ring (bicyclic) bond motifs is 1. The first kappa shape index (κ1) is 15.4. The van der Waals surface area contributed by atoms with Gasteiger partial charge in [0, 0.05) is 9.81 Å². The number of aromatic nitrogens is 1. The number of rotatable bonds is 3. The fraction of sp³-hybridized carbons (Fsp3) is 0.333. The number of carbonyl (C=O) groups excluding carboxylic acids is 1. The quantitative estimate of drug-likeness (QED) is 0.343. The molecule has 20 heavy (non-hydrogen) atoms. The summed E-state index contributed by atoms with van der Waals surface area (Å²) in [6.07, 6.45) is 0. The van der Waals surface area contributed by atoms with Crippen LogP contribution in [0.1, 0.15) is 16.1 Å². The Kier molecular flexibility index (Phi) is 4.48. The highest BCUT2D eigenvalue weighted by atomic mass is 127. The molecule has 106 valence electrons. The number of carbonyl (C=O) groups is 1. The third-order valence-electron chi connectivity index (χ3n) is 3.25. The van der Waals surface area contributed by atoms with Gasteiger partial charge in [-0.3, -0.25) is 4.98 Å². The number of nitrogens with zero attached hydrogens (tertiary/aromatic N) is 1. The van der Waals surface area contributed by atoms with E-state index in [9.17, 15) is 4.79 Å². The van der Waals surface area contributed by atoms with Crippen molar-refractivity contribution in [3.63, 3.8) is 0 Å². The molecule has 1 aromatic heterocycles. The molecule has 0 aliphatic carbocycles. The highest BCUT2D eigenvalue weighted by molar-refractivity contribution is 14.1. The zero-order valence-electron chi connectivity index (χ0n) is 12.2. The zero-order valence-corrected chi connectivity index (χ0v) is 15.3. The van der Waals surface area contributed by atoms with Gasteiger partial charge in [-0.1, -0.05) is 48.3 Å². The van der Waals surface area contributed by atoms with Gasteiger partial charge in [0.05, 0.1) is 32.0 Å². The van der Waals surface area contributed by atoms with Crippen LogP contribution < -0.4 is 5.19 Å². The highest BCUT2D eigenvalue weighted by Gasteiger charge is 2.21. The van der Waals surface area contributed by atoms with Gasteiger partial charge in [0.2, 0.25) is 0 Å². The molecule has 0 N–H and O–H groups in total. The Morgan fingerprint density at radius 2 is 2.00 bits per heavy atom. The second-order valence-corrected chi connectivity index (χ2v) is 11.6. The van der Waals surface area contributed by atoms with Crippen molar-refractivity contribution < 1.29 is 9.53 Å². The lowest BCUT2D eigenvalue weighted by atomic mass is 10.1. The molecule has 0 spiro atoms. The largest absolute Gasteiger partial charge is 0.465 e. The molecule has 3 nitrogen and oxygen atoms in total. The van der Waals surface area contributed by atoms with Gasteiger partial charge >= 0.3 is 5.97 Å². The first-order chi connectivity index (χ1) is 9.36. The molecule has 2 rings (SSSR count). The number of methoxy groups -OCH3 is 1. The number of pyridine rings is 1. The summed E-state index contributed by atoms with van der Waals surface area (Å²) >= 11 is 2.36. The van der Waals surface area contributed by atoms with Crippen LogP contribution >= 0.6 is 22.6 Å². The lowest BCUT2D eigenvalue weighted by Gasteiger charge is -2.20. The lowest BCUT2D eigenvalue weighted by Crippen LogP contribution is -2.40. The van der Waals surface area contributed by atoms with Crippen molar-refractivity contribution >= 4 is 52.7 Å². The van der Waals surface area contributed by atoms with E-state index in [1.165, 1.54) is 18.0 Å². The third-order valence-corrected chi connectivity index (χ3v) is 6.02. The number of hydrogen-bond acceptors (Lipinski definition) is 3. The topological polar surface area (TPSA) is 39.2 Å². The molecule has 0 radical (unpaired) electrons. The molecule has 5 heteroatoms. The number of benzene rings is 1. The van der Waals surface area contributed by atoms with Gasteiger partial charge < -0.3 is 4.74 Å². The predicted octanol–water partition coefficient (Wildman–Crippen LogP) is 3.50. The molecular formula is C15H18INO2Si. The van der Waals surface area contributed by atoms with Crippen LogP contribution in [0.25, 0.3) is 10.9 Å². The molecule has 0 bridgehead atoms.